The average Bonchev–Trinajstić information content (AvgIpc) is 3.62. The quantitative estimate of drug-likeness (QED) is 0.176. The minimum absolute atomic E-state index is 0.0210. The Kier molecular flexibility index (Phi) is 7.00. The zero-order chi connectivity index (χ0) is 34.9. The van der Waals surface area contributed by atoms with Crippen molar-refractivity contribution in [3.8, 4) is 28.6 Å². The summed E-state index contributed by atoms with van der Waals surface area (Å²) in [7, 11) is 0. The molecule has 2 heterocycles. The van der Waals surface area contributed by atoms with Crippen molar-refractivity contribution in [3.63, 3.8) is 0 Å². The van der Waals surface area contributed by atoms with Crippen molar-refractivity contribution in [3.05, 3.63) is 149 Å². The highest BCUT2D eigenvalue weighted by atomic mass is 15.0. The van der Waals surface area contributed by atoms with Crippen LogP contribution in [0.3, 0.4) is 0 Å². The number of benzene rings is 6. The normalized spacial score (nSPS) is 12.2. The van der Waals surface area contributed by atoms with Crippen molar-refractivity contribution in [2.24, 2.45) is 0 Å². The van der Waals surface area contributed by atoms with Crippen LogP contribution in [0.25, 0.3) is 71.0 Å². The first kappa shape index (κ1) is 31.2. The van der Waals surface area contributed by atoms with E-state index in [-0.39, 0.29) is 10.8 Å². The second kappa shape index (κ2) is 11.2. The van der Waals surface area contributed by atoms with Crippen LogP contribution in [0.2, 0.25) is 0 Å². The van der Waals surface area contributed by atoms with Crippen molar-refractivity contribution < 1.29 is 0 Å². The van der Waals surface area contributed by atoms with Gasteiger partial charge >= 0.3 is 0 Å². The minimum atomic E-state index is -0.0210. The van der Waals surface area contributed by atoms with E-state index in [1.54, 1.807) is 12.1 Å². The lowest BCUT2D eigenvalue weighted by molar-refractivity contribution is 0.590. The molecule has 8 rings (SSSR count). The number of fused-ring (bicyclic) bond motifs is 6. The summed E-state index contributed by atoms with van der Waals surface area (Å²) >= 11 is 0. The van der Waals surface area contributed by atoms with E-state index >= 15 is 0 Å². The second-order valence-electron chi connectivity index (χ2n) is 15.3. The first-order valence-corrected chi connectivity index (χ1v) is 17.1. The summed E-state index contributed by atoms with van der Waals surface area (Å²) in [6.07, 6.45) is 0. The van der Waals surface area contributed by atoms with Gasteiger partial charge in [0.25, 0.3) is 0 Å². The Balaban J connectivity index is 1.62. The molecular formula is C46H38N4. The molecule has 0 aliphatic carbocycles. The van der Waals surface area contributed by atoms with Gasteiger partial charge in [-0.3, -0.25) is 0 Å². The lowest BCUT2D eigenvalue weighted by Crippen LogP contribution is -2.10. The topological polar surface area (TPSA) is 38.0 Å². The van der Waals surface area contributed by atoms with Gasteiger partial charge in [-0.1, -0.05) is 108 Å². The fourth-order valence-corrected chi connectivity index (χ4v) is 7.47. The Labute approximate surface area is 293 Å². The van der Waals surface area contributed by atoms with Crippen LogP contribution in [-0.2, 0) is 10.8 Å². The molecule has 4 heteroatoms. The van der Waals surface area contributed by atoms with Crippen LogP contribution in [0, 0.1) is 17.9 Å². The van der Waals surface area contributed by atoms with Gasteiger partial charge < -0.3 is 9.13 Å². The van der Waals surface area contributed by atoms with E-state index in [0.29, 0.717) is 11.3 Å². The number of aromatic nitrogens is 2. The van der Waals surface area contributed by atoms with Crippen molar-refractivity contribution in [2.75, 3.05) is 0 Å². The highest BCUT2D eigenvalue weighted by molar-refractivity contribution is 6.17. The fraction of sp³-hybridized carbons (Fsp3) is 0.174. The highest BCUT2D eigenvalue weighted by Gasteiger charge is 2.26. The summed E-state index contributed by atoms with van der Waals surface area (Å²) in [6, 6.07) is 45.0. The summed E-state index contributed by atoms with van der Waals surface area (Å²) in [5, 5.41) is 15.2. The summed E-state index contributed by atoms with van der Waals surface area (Å²) in [5.74, 6) is 0. The number of nitrogens with zero attached hydrogens (tertiary/aromatic N) is 4. The molecule has 8 aromatic rings. The molecule has 0 bridgehead atoms. The van der Waals surface area contributed by atoms with E-state index in [9.17, 15) is 5.26 Å². The molecule has 0 amide bonds. The number of hydrogen-bond acceptors (Lipinski definition) is 1. The van der Waals surface area contributed by atoms with E-state index < -0.39 is 0 Å². The monoisotopic (exact) mass is 646 g/mol. The van der Waals surface area contributed by atoms with Crippen LogP contribution in [0.1, 0.15) is 58.2 Å². The Bertz CT molecular complexity index is 2660. The summed E-state index contributed by atoms with van der Waals surface area (Å²) < 4.78 is 4.69. The molecule has 6 aromatic carbocycles. The van der Waals surface area contributed by atoms with Crippen LogP contribution in [-0.4, -0.2) is 9.13 Å². The molecule has 0 fully saturated rings. The van der Waals surface area contributed by atoms with E-state index in [2.05, 4.69) is 159 Å². The second-order valence-corrected chi connectivity index (χ2v) is 15.3. The van der Waals surface area contributed by atoms with Crippen molar-refractivity contribution in [2.45, 2.75) is 52.4 Å². The Morgan fingerprint density at radius 3 is 1.78 bits per heavy atom. The van der Waals surface area contributed by atoms with E-state index in [0.717, 1.165) is 55.3 Å². The van der Waals surface area contributed by atoms with Gasteiger partial charge in [-0.2, -0.15) is 5.26 Å². The third kappa shape index (κ3) is 4.80. The molecule has 0 aliphatic heterocycles. The molecule has 0 atom stereocenters. The zero-order valence-electron chi connectivity index (χ0n) is 29.3. The Morgan fingerprint density at radius 2 is 1.18 bits per heavy atom. The van der Waals surface area contributed by atoms with Crippen LogP contribution in [0.5, 0.6) is 0 Å². The largest absolute Gasteiger partial charge is 0.309 e. The third-order valence-corrected chi connectivity index (χ3v) is 10.1. The van der Waals surface area contributed by atoms with E-state index in [1.165, 1.54) is 21.9 Å². The number of para-hydroxylation sites is 2. The fourth-order valence-electron chi connectivity index (χ4n) is 7.47. The summed E-state index contributed by atoms with van der Waals surface area (Å²) in [5.41, 5.74) is 11.5. The predicted molar refractivity (Wildman–Crippen MR) is 209 cm³/mol. The smallest absolute Gasteiger partial charge is 0.187 e. The van der Waals surface area contributed by atoms with E-state index in [1.807, 2.05) is 12.1 Å². The van der Waals surface area contributed by atoms with Crippen molar-refractivity contribution >= 4 is 49.3 Å². The number of nitriles is 1. The molecule has 50 heavy (non-hydrogen) atoms. The maximum Gasteiger partial charge on any atom is 0.187 e. The molecule has 0 aliphatic rings. The number of hydrogen-bond donors (Lipinski definition) is 0. The highest BCUT2D eigenvalue weighted by Crippen LogP contribution is 2.46. The van der Waals surface area contributed by atoms with Crippen LogP contribution in [0.4, 0.5) is 5.69 Å². The first-order chi connectivity index (χ1) is 24.0. The van der Waals surface area contributed by atoms with Gasteiger partial charge in [0.1, 0.15) is 0 Å². The number of rotatable bonds is 3. The van der Waals surface area contributed by atoms with Gasteiger partial charge in [0.2, 0.25) is 0 Å². The van der Waals surface area contributed by atoms with Gasteiger partial charge in [-0.05, 0) is 82.1 Å². The molecule has 4 nitrogen and oxygen atoms in total. The molecule has 2 aromatic heterocycles. The Morgan fingerprint density at radius 1 is 0.580 bits per heavy atom. The zero-order valence-corrected chi connectivity index (χ0v) is 29.3. The van der Waals surface area contributed by atoms with Gasteiger partial charge in [0.05, 0.1) is 46.0 Å². The van der Waals surface area contributed by atoms with Crippen LogP contribution in [0.15, 0.2) is 121 Å². The molecule has 0 spiro atoms. The van der Waals surface area contributed by atoms with Gasteiger partial charge in [-0.25, -0.2) is 4.85 Å². The minimum Gasteiger partial charge on any atom is -0.309 e. The van der Waals surface area contributed by atoms with Crippen molar-refractivity contribution in [1.29, 1.82) is 5.26 Å². The third-order valence-electron chi connectivity index (χ3n) is 10.1. The van der Waals surface area contributed by atoms with Crippen molar-refractivity contribution in [1.82, 2.24) is 9.13 Å². The molecule has 242 valence electrons. The maximum absolute atomic E-state index is 10.6. The molecule has 0 radical (unpaired) electrons. The lowest BCUT2D eigenvalue weighted by Gasteiger charge is -2.21. The maximum atomic E-state index is 10.6. The van der Waals surface area contributed by atoms with E-state index in [4.69, 9.17) is 6.57 Å². The van der Waals surface area contributed by atoms with Gasteiger partial charge in [0.15, 0.2) is 5.69 Å². The molecule has 0 saturated heterocycles. The van der Waals surface area contributed by atoms with Gasteiger partial charge in [-0.15, -0.1) is 0 Å². The van der Waals surface area contributed by atoms with Gasteiger partial charge in [0, 0.05) is 32.8 Å². The SMILES string of the molecule is [C-]#[N+]c1ccc(C#N)c(-c2c(-n3c4ccc(C(C)(C)C)cc4c4cc(C(C)(C)C)ccc43)ccc3c4ccccc4n(-c4ccccc4)c23)c1. The average molecular weight is 647 g/mol. The molecule has 0 unspecified atom stereocenters. The van der Waals surface area contributed by atoms with Crippen LogP contribution < -0.4 is 0 Å². The molecular weight excluding hydrogens is 609 g/mol. The summed E-state index contributed by atoms with van der Waals surface area (Å²) in [4.78, 5) is 3.82. The first-order valence-electron chi connectivity index (χ1n) is 17.1. The molecule has 0 N–H and O–H groups in total. The Hall–Kier alpha value is -6.10. The molecule has 0 saturated carbocycles. The summed E-state index contributed by atoms with van der Waals surface area (Å²) in [6.45, 7) is 21.5. The van der Waals surface area contributed by atoms with Crippen LogP contribution >= 0.6 is 0 Å². The predicted octanol–water partition coefficient (Wildman–Crippen LogP) is 12.6. The standard InChI is InChI=1S/C46H38N4/c1-45(2,3)30-18-22-40-37(25-30)38-26-31(46(4,5)6)19-23-41(38)50(40)42-24-21-35-34-15-11-12-16-39(34)49(33-13-9-8-10-14-33)44(35)43(42)36-27-32(48-7)20-17-29(36)28-47/h8-27H,1-6H3. The lowest BCUT2D eigenvalue weighted by atomic mass is 9.85.